The topological polar surface area (TPSA) is 54.7 Å². The van der Waals surface area contributed by atoms with Crippen molar-refractivity contribution in [1.29, 1.82) is 0 Å². The van der Waals surface area contributed by atoms with Gasteiger partial charge in [0.2, 0.25) is 0 Å². The second kappa shape index (κ2) is 5.02. The molecule has 3 N–H and O–H groups in total. The highest BCUT2D eigenvalue weighted by Gasteiger charge is 2.01. The van der Waals surface area contributed by atoms with Crippen LogP contribution >= 0.6 is 12.6 Å². The predicted octanol–water partition coefficient (Wildman–Crippen LogP) is 2.13. The fraction of sp³-hybridized carbons (Fsp3) is 0.300. The summed E-state index contributed by atoms with van der Waals surface area (Å²) in [7, 11) is 0. The maximum Gasteiger partial charge on any atom is 0.0882 e. The number of thiol groups is 1. The molecule has 0 saturated carbocycles. The van der Waals surface area contributed by atoms with Gasteiger partial charge in [-0.1, -0.05) is 0 Å². The zero-order valence-corrected chi connectivity index (χ0v) is 9.25. The molecule has 1 atom stereocenters. The summed E-state index contributed by atoms with van der Waals surface area (Å²) in [6, 6.07) is 5.90. The number of nitrogens with two attached hydrogens (primary N) is 1. The fourth-order valence-corrected chi connectivity index (χ4v) is 1.20. The van der Waals surface area contributed by atoms with E-state index in [4.69, 9.17) is 5.73 Å². The highest BCUT2D eigenvalue weighted by Crippen LogP contribution is 2.13. The Kier molecular flexibility index (Phi) is 3.98. The maximum absolute atomic E-state index is 5.70. The number of rotatable bonds is 1. The molecule has 0 bridgehead atoms. The minimum atomic E-state index is 0.00398. The number of hydrogen-bond donors (Lipinski definition) is 3. The number of nitrogens with zero attached hydrogens (tertiary/aromatic N) is 1. The van der Waals surface area contributed by atoms with Crippen molar-refractivity contribution in [2.45, 2.75) is 13.0 Å². The molecule has 2 rings (SSSR count). The Labute approximate surface area is 89.1 Å². The molecule has 14 heavy (non-hydrogen) atoms. The lowest BCUT2D eigenvalue weighted by molar-refractivity contribution is 0.787. The van der Waals surface area contributed by atoms with E-state index < -0.39 is 0 Å². The SMILES string of the molecule is CC(N)c1ccc2[nH]ccc2n1.CS. The van der Waals surface area contributed by atoms with Crippen LogP contribution in [-0.4, -0.2) is 16.2 Å². The Morgan fingerprint density at radius 3 is 2.71 bits per heavy atom. The van der Waals surface area contributed by atoms with Gasteiger partial charge in [0.1, 0.15) is 0 Å². The van der Waals surface area contributed by atoms with Gasteiger partial charge in [0, 0.05) is 12.2 Å². The van der Waals surface area contributed by atoms with Gasteiger partial charge in [0.25, 0.3) is 0 Å². The molecule has 4 heteroatoms. The Balaban J connectivity index is 0.000000461. The number of H-pyrrole nitrogens is 1. The highest BCUT2D eigenvalue weighted by molar-refractivity contribution is 7.79. The van der Waals surface area contributed by atoms with Crippen LogP contribution in [0.25, 0.3) is 11.0 Å². The number of pyridine rings is 1. The van der Waals surface area contributed by atoms with Crippen LogP contribution in [0.1, 0.15) is 18.7 Å². The molecule has 3 nitrogen and oxygen atoms in total. The standard InChI is InChI=1S/C9H11N3.CH4S/c1-6(10)7-2-3-8-9(12-7)4-5-11-8;1-2/h2-6,11H,10H2,1H3;2H,1H3. The van der Waals surface area contributed by atoms with E-state index in [9.17, 15) is 0 Å². The van der Waals surface area contributed by atoms with E-state index >= 15 is 0 Å². The molecule has 0 radical (unpaired) electrons. The molecule has 0 aliphatic heterocycles. The van der Waals surface area contributed by atoms with E-state index in [0.29, 0.717) is 0 Å². The number of hydrogen-bond acceptors (Lipinski definition) is 3. The van der Waals surface area contributed by atoms with Crippen molar-refractivity contribution in [2.75, 3.05) is 6.26 Å². The number of fused-ring (bicyclic) bond motifs is 1. The molecular formula is C10H15N3S. The lowest BCUT2D eigenvalue weighted by Crippen LogP contribution is -2.06. The van der Waals surface area contributed by atoms with Gasteiger partial charge >= 0.3 is 0 Å². The molecule has 0 aromatic carbocycles. The first kappa shape index (κ1) is 11.1. The Morgan fingerprint density at radius 1 is 1.36 bits per heavy atom. The van der Waals surface area contributed by atoms with E-state index in [1.807, 2.05) is 31.3 Å². The molecule has 2 aromatic rings. The first-order valence-corrected chi connectivity index (χ1v) is 5.31. The molecule has 2 aromatic heterocycles. The van der Waals surface area contributed by atoms with E-state index in [2.05, 4.69) is 22.6 Å². The maximum atomic E-state index is 5.70. The van der Waals surface area contributed by atoms with Gasteiger partial charge < -0.3 is 10.7 Å². The third-order valence-corrected chi connectivity index (χ3v) is 1.89. The van der Waals surface area contributed by atoms with Gasteiger partial charge in [-0.2, -0.15) is 12.6 Å². The smallest absolute Gasteiger partial charge is 0.0882 e. The van der Waals surface area contributed by atoms with Crippen LogP contribution < -0.4 is 5.73 Å². The van der Waals surface area contributed by atoms with Crippen LogP contribution in [0.2, 0.25) is 0 Å². The second-order valence-corrected chi connectivity index (χ2v) is 2.94. The van der Waals surface area contributed by atoms with Gasteiger partial charge in [-0.25, -0.2) is 4.98 Å². The number of nitrogens with one attached hydrogen (secondary N) is 1. The summed E-state index contributed by atoms with van der Waals surface area (Å²) in [4.78, 5) is 7.46. The van der Waals surface area contributed by atoms with Crippen LogP contribution in [0.3, 0.4) is 0 Å². The zero-order chi connectivity index (χ0) is 10.6. The van der Waals surface area contributed by atoms with Crippen molar-refractivity contribution >= 4 is 23.7 Å². The van der Waals surface area contributed by atoms with Gasteiger partial charge in [-0.3, -0.25) is 0 Å². The summed E-state index contributed by atoms with van der Waals surface area (Å²) in [6.07, 6.45) is 3.57. The van der Waals surface area contributed by atoms with Crippen molar-refractivity contribution in [3.63, 3.8) is 0 Å². The minimum absolute atomic E-state index is 0.00398. The second-order valence-electron chi connectivity index (χ2n) is 2.94. The normalized spacial score (nSPS) is 12.0. The predicted molar refractivity (Wildman–Crippen MR) is 63.6 cm³/mol. The van der Waals surface area contributed by atoms with Crippen LogP contribution in [0.4, 0.5) is 0 Å². The quantitative estimate of drug-likeness (QED) is 0.630. The number of aromatic amines is 1. The molecular weight excluding hydrogens is 194 g/mol. The Morgan fingerprint density at radius 2 is 2.07 bits per heavy atom. The van der Waals surface area contributed by atoms with Crippen LogP contribution in [0.15, 0.2) is 24.4 Å². The van der Waals surface area contributed by atoms with Crippen molar-refractivity contribution in [3.8, 4) is 0 Å². The molecule has 0 amide bonds. The summed E-state index contributed by atoms with van der Waals surface area (Å²) in [5.41, 5.74) is 8.66. The van der Waals surface area contributed by atoms with E-state index in [1.165, 1.54) is 0 Å². The molecule has 0 aliphatic carbocycles. The van der Waals surface area contributed by atoms with E-state index in [1.54, 1.807) is 6.26 Å². The van der Waals surface area contributed by atoms with Gasteiger partial charge in [-0.15, -0.1) is 0 Å². The molecule has 0 saturated heterocycles. The highest BCUT2D eigenvalue weighted by atomic mass is 32.1. The van der Waals surface area contributed by atoms with Crippen molar-refractivity contribution in [2.24, 2.45) is 5.73 Å². The lowest BCUT2D eigenvalue weighted by Gasteiger charge is -2.02. The van der Waals surface area contributed by atoms with Crippen LogP contribution in [0.5, 0.6) is 0 Å². The van der Waals surface area contributed by atoms with E-state index in [0.717, 1.165) is 16.7 Å². The Bertz CT molecular complexity index is 395. The molecule has 76 valence electrons. The largest absolute Gasteiger partial charge is 0.360 e. The van der Waals surface area contributed by atoms with Gasteiger partial charge in [0.05, 0.1) is 16.7 Å². The average Bonchev–Trinajstić information content (AvgIpc) is 2.67. The molecule has 0 fully saturated rings. The summed E-state index contributed by atoms with van der Waals surface area (Å²) in [5.74, 6) is 0. The first-order valence-electron chi connectivity index (χ1n) is 4.42. The summed E-state index contributed by atoms with van der Waals surface area (Å²) < 4.78 is 0. The van der Waals surface area contributed by atoms with E-state index in [-0.39, 0.29) is 6.04 Å². The summed E-state index contributed by atoms with van der Waals surface area (Å²) >= 11 is 3.53. The molecule has 0 aliphatic rings. The van der Waals surface area contributed by atoms with Crippen molar-refractivity contribution < 1.29 is 0 Å². The summed E-state index contributed by atoms with van der Waals surface area (Å²) in [6.45, 7) is 1.93. The average molecular weight is 209 g/mol. The third-order valence-electron chi connectivity index (χ3n) is 1.89. The van der Waals surface area contributed by atoms with Gasteiger partial charge in [-0.05, 0) is 31.4 Å². The molecule has 0 spiro atoms. The first-order chi connectivity index (χ1) is 6.77. The lowest BCUT2D eigenvalue weighted by atomic mass is 10.2. The third kappa shape index (κ3) is 2.27. The fourth-order valence-electron chi connectivity index (χ4n) is 1.20. The molecule has 1 unspecified atom stereocenters. The van der Waals surface area contributed by atoms with Crippen molar-refractivity contribution in [1.82, 2.24) is 9.97 Å². The summed E-state index contributed by atoms with van der Waals surface area (Å²) in [5, 5.41) is 0. The Hall–Kier alpha value is -1.000. The van der Waals surface area contributed by atoms with Crippen molar-refractivity contribution in [3.05, 3.63) is 30.1 Å². The monoisotopic (exact) mass is 209 g/mol. The molecule has 2 heterocycles. The minimum Gasteiger partial charge on any atom is -0.360 e. The van der Waals surface area contributed by atoms with Crippen LogP contribution in [-0.2, 0) is 0 Å². The zero-order valence-electron chi connectivity index (χ0n) is 8.36. The van der Waals surface area contributed by atoms with Crippen LogP contribution in [0, 0.1) is 0 Å². The van der Waals surface area contributed by atoms with Gasteiger partial charge in [0.15, 0.2) is 0 Å². The number of aromatic nitrogens is 2.